The summed E-state index contributed by atoms with van der Waals surface area (Å²) in [6.07, 6.45) is 0. The molecule has 0 nitrogen and oxygen atoms in total. The minimum atomic E-state index is 0.392. The van der Waals surface area contributed by atoms with Gasteiger partial charge in [-0.1, -0.05) is 98.4 Å². The minimum absolute atomic E-state index is 0.392. The van der Waals surface area contributed by atoms with Crippen LogP contribution in [0.4, 0.5) is 0 Å². The van der Waals surface area contributed by atoms with Crippen LogP contribution in [-0.2, 0) is 0 Å². The van der Waals surface area contributed by atoms with Gasteiger partial charge in [-0.25, -0.2) is 0 Å². The Kier molecular flexibility index (Phi) is 6.83. The molecule has 0 unspecified atom stereocenters. The lowest BCUT2D eigenvalue weighted by molar-refractivity contribution is 1.80. The van der Waals surface area contributed by atoms with Crippen molar-refractivity contribution in [2.75, 3.05) is 0 Å². The second-order valence-corrected chi connectivity index (χ2v) is 14.9. The molecule has 0 saturated heterocycles. The summed E-state index contributed by atoms with van der Waals surface area (Å²) in [5, 5.41) is 2.75. The van der Waals surface area contributed by atoms with Crippen molar-refractivity contribution in [1.29, 1.82) is 0 Å². The fraction of sp³-hybridized carbons (Fsp3) is 0.250. The van der Waals surface area contributed by atoms with E-state index in [0.29, 0.717) is 6.72 Å². The van der Waals surface area contributed by atoms with E-state index in [4.69, 9.17) is 0 Å². The number of benzene rings is 1. The van der Waals surface area contributed by atoms with Crippen molar-refractivity contribution in [2.45, 2.75) is 6.72 Å². The van der Waals surface area contributed by atoms with E-state index in [1.165, 1.54) is 10.4 Å². The monoisotopic (exact) mass is 474 g/mol. The highest BCUT2D eigenvalue weighted by Crippen LogP contribution is 2.06. The first-order valence-electron chi connectivity index (χ1n) is 3.77. The van der Waals surface area contributed by atoms with Crippen molar-refractivity contribution < 1.29 is 0 Å². The quantitative estimate of drug-likeness (QED) is 0.462. The van der Waals surface area contributed by atoms with Crippen molar-refractivity contribution >= 4 is 93.1 Å². The van der Waals surface area contributed by atoms with Gasteiger partial charge in [0.1, 0.15) is 19.0 Å². The standard InChI is InChI=1S/C8H6Br4Si2/c9-7(10)13-5-1-2-6(4-3-5)14-8(11)12/h1-4,7-8H. The summed E-state index contributed by atoms with van der Waals surface area (Å²) >= 11 is 13.9. The maximum Gasteiger partial charge on any atom is 0.112 e. The maximum absolute atomic E-state index is 3.49. The topological polar surface area (TPSA) is 0 Å². The van der Waals surface area contributed by atoms with Gasteiger partial charge in [0.25, 0.3) is 0 Å². The van der Waals surface area contributed by atoms with Crippen LogP contribution < -0.4 is 10.4 Å². The lowest BCUT2D eigenvalue weighted by atomic mass is 10.4. The predicted molar refractivity (Wildman–Crippen MR) is 80.5 cm³/mol. The zero-order chi connectivity index (χ0) is 10.6. The number of hydrogen-bond acceptors (Lipinski definition) is 0. The van der Waals surface area contributed by atoms with Crippen molar-refractivity contribution in [3.8, 4) is 0 Å². The van der Waals surface area contributed by atoms with Gasteiger partial charge in [0.2, 0.25) is 0 Å². The van der Waals surface area contributed by atoms with Crippen LogP contribution in [0, 0.1) is 0 Å². The second-order valence-electron chi connectivity index (χ2n) is 2.47. The Balaban J connectivity index is 2.59. The molecule has 0 spiro atoms. The Labute approximate surface area is 123 Å². The van der Waals surface area contributed by atoms with Gasteiger partial charge in [-0.05, 0) is 0 Å². The first kappa shape index (κ1) is 13.6. The SMILES string of the molecule is BrC(Br)[Si]c1ccc([Si]C(Br)Br)cc1. The van der Waals surface area contributed by atoms with E-state index in [9.17, 15) is 0 Å². The summed E-state index contributed by atoms with van der Waals surface area (Å²) in [6, 6.07) is 8.77. The molecular weight excluding hydrogens is 472 g/mol. The second kappa shape index (κ2) is 7.01. The predicted octanol–water partition coefficient (Wildman–Crippen LogP) is 2.49. The Morgan fingerprint density at radius 3 is 1.21 bits per heavy atom. The molecule has 0 N–H and O–H groups in total. The Hall–Kier alpha value is 1.57. The third kappa shape index (κ3) is 5.60. The van der Waals surface area contributed by atoms with Crippen molar-refractivity contribution in [3.63, 3.8) is 0 Å². The molecule has 1 rings (SSSR count). The lowest BCUT2D eigenvalue weighted by Gasteiger charge is -2.03. The summed E-state index contributed by atoms with van der Waals surface area (Å²) in [6.45, 7) is 0. The third-order valence-electron chi connectivity index (χ3n) is 1.44. The molecule has 0 heterocycles. The first-order chi connectivity index (χ1) is 6.58. The van der Waals surface area contributed by atoms with Crippen LogP contribution in [0.15, 0.2) is 24.3 Å². The molecule has 6 heteroatoms. The Morgan fingerprint density at radius 2 is 1.00 bits per heavy atom. The average molecular weight is 478 g/mol. The van der Waals surface area contributed by atoms with E-state index in [1.807, 2.05) is 0 Å². The molecule has 4 radical (unpaired) electrons. The van der Waals surface area contributed by atoms with Gasteiger partial charge >= 0.3 is 0 Å². The molecule has 0 aliphatic carbocycles. The molecular formula is C8H6Br4Si2. The molecule has 0 amide bonds. The summed E-state index contributed by atoms with van der Waals surface area (Å²) in [5.74, 6) is 0. The van der Waals surface area contributed by atoms with Crippen molar-refractivity contribution in [2.24, 2.45) is 0 Å². The third-order valence-corrected chi connectivity index (χ3v) is 5.95. The fourth-order valence-electron chi connectivity index (χ4n) is 0.915. The van der Waals surface area contributed by atoms with Gasteiger partial charge in [-0.15, -0.1) is 0 Å². The highest BCUT2D eigenvalue weighted by Gasteiger charge is 2.04. The molecule has 0 aliphatic heterocycles. The molecule has 0 aliphatic rings. The number of halogens is 4. The summed E-state index contributed by atoms with van der Waals surface area (Å²) in [4.78, 5) is 0. The Morgan fingerprint density at radius 1 is 0.714 bits per heavy atom. The van der Waals surface area contributed by atoms with Gasteiger partial charge in [-0.2, -0.15) is 0 Å². The van der Waals surface area contributed by atoms with Crippen LogP contribution in [-0.4, -0.2) is 25.8 Å². The molecule has 1 aromatic rings. The van der Waals surface area contributed by atoms with Gasteiger partial charge in [0.15, 0.2) is 0 Å². The van der Waals surface area contributed by atoms with Crippen LogP contribution in [0.5, 0.6) is 0 Å². The fourth-order valence-corrected chi connectivity index (χ4v) is 5.31. The summed E-state index contributed by atoms with van der Waals surface area (Å²) < 4.78 is 0.784. The zero-order valence-electron chi connectivity index (χ0n) is 6.98. The van der Waals surface area contributed by atoms with Crippen LogP contribution in [0.1, 0.15) is 0 Å². The van der Waals surface area contributed by atoms with Gasteiger partial charge in [-0.3, -0.25) is 0 Å². The van der Waals surface area contributed by atoms with Crippen LogP contribution >= 0.6 is 63.7 Å². The van der Waals surface area contributed by atoms with E-state index >= 15 is 0 Å². The summed E-state index contributed by atoms with van der Waals surface area (Å²) in [5.41, 5.74) is 0. The van der Waals surface area contributed by atoms with E-state index in [0.717, 1.165) is 19.0 Å². The van der Waals surface area contributed by atoms with Crippen LogP contribution in [0.2, 0.25) is 0 Å². The number of rotatable bonds is 4. The molecule has 0 saturated carbocycles. The average Bonchev–Trinajstić information content (AvgIpc) is 2.06. The van der Waals surface area contributed by atoms with Crippen molar-refractivity contribution in [3.05, 3.63) is 24.3 Å². The molecule has 0 atom stereocenters. The summed E-state index contributed by atoms with van der Waals surface area (Å²) in [7, 11) is 1.53. The van der Waals surface area contributed by atoms with Gasteiger partial charge in [0.05, 0.1) is 6.72 Å². The maximum atomic E-state index is 3.49. The van der Waals surface area contributed by atoms with Crippen LogP contribution in [0.25, 0.3) is 0 Å². The molecule has 0 fully saturated rings. The molecule has 0 bridgehead atoms. The van der Waals surface area contributed by atoms with Crippen molar-refractivity contribution in [1.82, 2.24) is 0 Å². The smallest absolute Gasteiger partial charge is 0.0804 e. The zero-order valence-corrected chi connectivity index (χ0v) is 15.3. The van der Waals surface area contributed by atoms with E-state index in [1.54, 1.807) is 0 Å². The number of hydrogen-bond donors (Lipinski definition) is 0. The first-order valence-corrected chi connectivity index (χ1v) is 9.59. The molecule has 0 aromatic heterocycles. The number of alkyl halides is 4. The van der Waals surface area contributed by atoms with E-state index in [2.05, 4.69) is 88.0 Å². The highest BCUT2D eigenvalue weighted by molar-refractivity contribution is 9.25. The molecule has 14 heavy (non-hydrogen) atoms. The van der Waals surface area contributed by atoms with E-state index < -0.39 is 0 Å². The highest BCUT2D eigenvalue weighted by atomic mass is 79.9. The lowest BCUT2D eigenvalue weighted by Crippen LogP contribution is -2.25. The molecule has 74 valence electrons. The van der Waals surface area contributed by atoms with Gasteiger partial charge in [0, 0.05) is 0 Å². The minimum Gasteiger partial charge on any atom is -0.0804 e. The largest absolute Gasteiger partial charge is 0.112 e. The van der Waals surface area contributed by atoms with Gasteiger partial charge < -0.3 is 0 Å². The molecule has 1 aromatic carbocycles. The Bertz CT molecular complexity index is 244. The van der Waals surface area contributed by atoms with Crippen LogP contribution in [0.3, 0.4) is 0 Å². The van der Waals surface area contributed by atoms with E-state index in [-0.39, 0.29) is 0 Å². The normalized spacial score (nSPS) is 11.3.